The third-order valence-corrected chi connectivity index (χ3v) is 5.65. The summed E-state index contributed by atoms with van der Waals surface area (Å²) in [6.07, 6.45) is 0. The van der Waals surface area contributed by atoms with Gasteiger partial charge in [0, 0.05) is 0 Å². The zero-order chi connectivity index (χ0) is 15.9. The van der Waals surface area contributed by atoms with E-state index >= 15 is 0 Å². The standard InChI is InChI=1S/C16H15NO4S/c1-11-6-5-9-13-14(16(18)19)10-17(15(11)13)22(20,21)12-7-3-2-4-8-12/h2-9,14H,10H2,1H3,(H,18,19). The Morgan fingerprint density at radius 1 is 1.14 bits per heavy atom. The second kappa shape index (κ2) is 5.14. The number of para-hydroxylation sites is 1. The summed E-state index contributed by atoms with van der Waals surface area (Å²) in [5, 5.41) is 9.38. The zero-order valence-electron chi connectivity index (χ0n) is 11.9. The number of nitrogens with zero attached hydrogens (tertiary/aromatic N) is 1. The highest BCUT2D eigenvalue weighted by Crippen LogP contribution is 2.41. The molecule has 2 aromatic carbocycles. The molecule has 0 saturated carbocycles. The molecular weight excluding hydrogens is 302 g/mol. The van der Waals surface area contributed by atoms with Crippen LogP contribution in [0.4, 0.5) is 5.69 Å². The molecule has 0 fully saturated rings. The summed E-state index contributed by atoms with van der Waals surface area (Å²) in [4.78, 5) is 11.6. The molecule has 6 heteroatoms. The number of hydrogen-bond donors (Lipinski definition) is 1. The molecule has 0 spiro atoms. The Morgan fingerprint density at radius 2 is 1.82 bits per heavy atom. The lowest BCUT2D eigenvalue weighted by Crippen LogP contribution is -2.31. The minimum absolute atomic E-state index is 0.0766. The third-order valence-electron chi connectivity index (χ3n) is 3.87. The first-order chi connectivity index (χ1) is 10.4. The maximum atomic E-state index is 12.9. The van der Waals surface area contributed by atoms with E-state index in [9.17, 15) is 18.3 Å². The van der Waals surface area contributed by atoms with Crippen molar-refractivity contribution < 1.29 is 18.3 Å². The first-order valence-corrected chi connectivity index (χ1v) is 8.27. The molecule has 3 rings (SSSR count). The van der Waals surface area contributed by atoms with Crippen molar-refractivity contribution in [3.8, 4) is 0 Å². The molecule has 0 aliphatic carbocycles. The van der Waals surface area contributed by atoms with Crippen LogP contribution in [0.15, 0.2) is 53.4 Å². The first-order valence-electron chi connectivity index (χ1n) is 6.83. The highest BCUT2D eigenvalue weighted by Gasteiger charge is 2.40. The monoisotopic (exact) mass is 317 g/mol. The summed E-state index contributed by atoms with van der Waals surface area (Å²) in [5.74, 6) is -1.86. The molecule has 0 saturated heterocycles. The molecular formula is C16H15NO4S. The molecule has 1 aliphatic heterocycles. The fourth-order valence-electron chi connectivity index (χ4n) is 2.81. The average Bonchev–Trinajstić information content (AvgIpc) is 2.90. The minimum atomic E-state index is -3.77. The van der Waals surface area contributed by atoms with E-state index in [-0.39, 0.29) is 11.4 Å². The van der Waals surface area contributed by atoms with Crippen molar-refractivity contribution >= 4 is 21.7 Å². The van der Waals surface area contributed by atoms with Gasteiger partial charge in [0.2, 0.25) is 0 Å². The van der Waals surface area contributed by atoms with Crippen LogP contribution in [-0.4, -0.2) is 26.0 Å². The molecule has 114 valence electrons. The lowest BCUT2D eigenvalue weighted by molar-refractivity contribution is -0.138. The predicted octanol–water partition coefficient (Wildman–Crippen LogP) is 2.37. The van der Waals surface area contributed by atoms with Crippen molar-refractivity contribution in [1.29, 1.82) is 0 Å². The van der Waals surface area contributed by atoms with Crippen molar-refractivity contribution in [2.24, 2.45) is 0 Å². The Balaban J connectivity index is 2.17. The zero-order valence-corrected chi connectivity index (χ0v) is 12.7. The van der Waals surface area contributed by atoms with E-state index in [0.29, 0.717) is 11.3 Å². The van der Waals surface area contributed by atoms with Crippen LogP contribution in [0, 0.1) is 6.92 Å². The van der Waals surface area contributed by atoms with Gasteiger partial charge in [-0.25, -0.2) is 8.42 Å². The molecule has 2 aromatic rings. The van der Waals surface area contributed by atoms with Crippen molar-refractivity contribution in [2.75, 3.05) is 10.8 Å². The second-order valence-corrected chi connectivity index (χ2v) is 7.12. The maximum absolute atomic E-state index is 12.9. The van der Waals surface area contributed by atoms with Crippen LogP contribution < -0.4 is 4.31 Å². The Hall–Kier alpha value is -2.34. The number of fused-ring (bicyclic) bond motifs is 1. The summed E-state index contributed by atoms with van der Waals surface area (Å²) < 4.78 is 26.9. The van der Waals surface area contributed by atoms with Gasteiger partial charge in [-0.15, -0.1) is 0 Å². The number of benzene rings is 2. The summed E-state index contributed by atoms with van der Waals surface area (Å²) in [5.41, 5.74) is 1.78. The molecule has 0 amide bonds. The molecule has 1 N–H and O–H groups in total. The highest BCUT2D eigenvalue weighted by atomic mass is 32.2. The number of hydrogen-bond acceptors (Lipinski definition) is 3. The molecule has 1 aliphatic rings. The van der Waals surface area contributed by atoms with Crippen LogP contribution in [0.2, 0.25) is 0 Å². The lowest BCUT2D eigenvalue weighted by atomic mass is 10.00. The molecule has 1 unspecified atom stereocenters. The number of aliphatic carboxylic acids is 1. The van der Waals surface area contributed by atoms with Gasteiger partial charge in [-0.3, -0.25) is 9.10 Å². The Labute approximate surface area is 128 Å². The molecule has 1 atom stereocenters. The number of carboxylic acids is 1. The van der Waals surface area contributed by atoms with Crippen LogP contribution in [0.25, 0.3) is 0 Å². The van der Waals surface area contributed by atoms with Crippen molar-refractivity contribution in [2.45, 2.75) is 17.7 Å². The van der Waals surface area contributed by atoms with Crippen LogP contribution in [0.3, 0.4) is 0 Å². The lowest BCUT2D eigenvalue weighted by Gasteiger charge is -2.21. The van der Waals surface area contributed by atoms with Crippen molar-refractivity contribution in [3.05, 3.63) is 59.7 Å². The number of rotatable bonds is 3. The normalized spacial score (nSPS) is 17.3. The van der Waals surface area contributed by atoms with Gasteiger partial charge in [0.25, 0.3) is 10.0 Å². The molecule has 0 radical (unpaired) electrons. The molecule has 5 nitrogen and oxygen atoms in total. The molecule has 1 heterocycles. The van der Waals surface area contributed by atoms with Gasteiger partial charge in [-0.2, -0.15) is 0 Å². The van der Waals surface area contributed by atoms with Gasteiger partial charge >= 0.3 is 5.97 Å². The summed E-state index contributed by atoms with van der Waals surface area (Å²) in [7, 11) is -3.77. The smallest absolute Gasteiger partial charge is 0.312 e. The van der Waals surface area contributed by atoms with Gasteiger partial charge in [0.15, 0.2) is 0 Å². The number of anilines is 1. The Bertz CT molecular complexity index is 830. The summed E-state index contributed by atoms with van der Waals surface area (Å²) >= 11 is 0. The number of carbonyl (C=O) groups is 1. The molecule has 0 aromatic heterocycles. The molecule has 0 bridgehead atoms. The van der Waals surface area contributed by atoms with E-state index in [1.807, 2.05) is 0 Å². The van der Waals surface area contributed by atoms with E-state index in [4.69, 9.17) is 0 Å². The highest BCUT2D eigenvalue weighted by molar-refractivity contribution is 7.92. The average molecular weight is 317 g/mol. The molecule has 22 heavy (non-hydrogen) atoms. The van der Waals surface area contributed by atoms with Crippen molar-refractivity contribution in [3.63, 3.8) is 0 Å². The van der Waals surface area contributed by atoms with Gasteiger partial charge in [0.1, 0.15) is 5.92 Å². The van der Waals surface area contributed by atoms with E-state index in [0.717, 1.165) is 5.56 Å². The van der Waals surface area contributed by atoms with Gasteiger partial charge in [-0.05, 0) is 30.2 Å². The largest absolute Gasteiger partial charge is 0.481 e. The predicted molar refractivity (Wildman–Crippen MR) is 82.5 cm³/mol. The van der Waals surface area contributed by atoms with E-state index in [1.165, 1.54) is 16.4 Å². The second-order valence-electron chi connectivity index (χ2n) is 5.25. The fourth-order valence-corrected chi connectivity index (χ4v) is 4.40. The minimum Gasteiger partial charge on any atom is -0.481 e. The van der Waals surface area contributed by atoms with Crippen molar-refractivity contribution in [1.82, 2.24) is 0 Å². The summed E-state index contributed by atoms with van der Waals surface area (Å²) in [6, 6.07) is 13.3. The number of carboxylic acid groups (broad SMARTS) is 1. The SMILES string of the molecule is Cc1cccc2c1N(S(=O)(=O)c1ccccc1)CC2C(=O)O. The maximum Gasteiger partial charge on any atom is 0.312 e. The van der Waals surface area contributed by atoms with E-state index in [2.05, 4.69) is 0 Å². The van der Waals surface area contributed by atoms with Gasteiger partial charge in [0.05, 0.1) is 17.1 Å². The van der Waals surface area contributed by atoms with Gasteiger partial charge in [-0.1, -0.05) is 36.4 Å². The van der Waals surface area contributed by atoms with E-state index in [1.54, 1.807) is 43.3 Å². The topological polar surface area (TPSA) is 74.7 Å². The number of sulfonamides is 1. The van der Waals surface area contributed by atoms with Crippen LogP contribution >= 0.6 is 0 Å². The Morgan fingerprint density at radius 3 is 2.45 bits per heavy atom. The number of aryl methyl sites for hydroxylation is 1. The van der Waals surface area contributed by atoms with Crippen LogP contribution in [0.1, 0.15) is 17.0 Å². The van der Waals surface area contributed by atoms with E-state index < -0.39 is 21.9 Å². The summed E-state index contributed by atoms with van der Waals surface area (Å²) in [6.45, 7) is 1.71. The quantitative estimate of drug-likeness (QED) is 0.943. The first kappa shape index (κ1) is 14.6. The Kier molecular flexibility index (Phi) is 3.41. The van der Waals surface area contributed by atoms with Crippen LogP contribution in [-0.2, 0) is 14.8 Å². The van der Waals surface area contributed by atoms with Gasteiger partial charge < -0.3 is 5.11 Å². The fraction of sp³-hybridized carbons (Fsp3) is 0.188. The van der Waals surface area contributed by atoms with Crippen LogP contribution in [0.5, 0.6) is 0 Å². The third kappa shape index (κ3) is 2.16.